The van der Waals surface area contributed by atoms with E-state index in [4.69, 9.17) is 9.15 Å². The molecule has 1 unspecified atom stereocenters. The lowest BCUT2D eigenvalue weighted by Crippen LogP contribution is -2.40. The quantitative estimate of drug-likeness (QED) is 0.367. The molecule has 38 heavy (non-hydrogen) atoms. The molecule has 1 N–H and O–H groups in total. The highest BCUT2D eigenvalue weighted by Gasteiger charge is 2.31. The molecular formula is C30H30N4O4. The van der Waals surface area contributed by atoms with Crippen molar-refractivity contribution in [3.05, 3.63) is 113 Å². The van der Waals surface area contributed by atoms with Crippen molar-refractivity contribution in [1.82, 2.24) is 20.2 Å². The van der Waals surface area contributed by atoms with E-state index in [-0.39, 0.29) is 30.2 Å². The van der Waals surface area contributed by atoms with Crippen molar-refractivity contribution in [2.24, 2.45) is 0 Å². The van der Waals surface area contributed by atoms with Gasteiger partial charge in [-0.1, -0.05) is 42.8 Å². The third-order valence-corrected chi connectivity index (χ3v) is 6.71. The van der Waals surface area contributed by atoms with Gasteiger partial charge in [-0.25, -0.2) is 4.98 Å². The van der Waals surface area contributed by atoms with Gasteiger partial charge in [0.1, 0.15) is 12.0 Å². The number of benzene rings is 2. The lowest BCUT2D eigenvalue weighted by molar-refractivity contribution is -0.132. The van der Waals surface area contributed by atoms with Crippen LogP contribution in [0.5, 0.6) is 5.75 Å². The fourth-order valence-corrected chi connectivity index (χ4v) is 4.66. The number of pyridine rings is 1. The Labute approximate surface area is 221 Å². The van der Waals surface area contributed by atoms with Crippen LogP contribution >= 0.6 is 0 Å². The summed E-state index contributed by atoms with van der Waals surface area (Å²) in [5.41, 5.74) is 5.64. The van der Waals surface area contributed by atoms with E-state index in [0.29, 0.717) is 31.2 Å². The summed E-state index contributed by atoms with van der Waals surface area (Å²) in [5.74, 6) is 0.748. The summed E-state index contributed by atoms with van der Waals surface area (Å²) in [6, 6.07) is 17.8. The Morgan fingerprint density at radius 2 is 1.89 bits per heavy atom. The van der Waals surface area contributed by atoms with Crippen molar-refractivity contribution in [3.8, 4) is 5.75 Å². The molecule has 2 aromatic heterocycles. The first-order valence-electron chi connectivity index (χ1n) is 12.7. The predicted molar refractivity (Wildman–Crippen MR) is 141 cm³/mol. The van der Waals surface area contributed by atoms with Crippen molar-refractivity contribution < 1.29 is 18.7 Å². The molecule has 1 atom stereocenters. The van der Waals surface area contributed by atoms with E-state index in [2.05, 4.69) is 52.5 Å². The molecule has 2 amide bonds. The van der Waals surface area contributed by atoms with Crippen LogP contribution in [0.3, 0.4) is 0 Å². The van der Waals surface area contributed by atoms with Gasteiger partial charge in [-0.05, 0) is 59.9 Å². The summed E-state index contributed by atoms with van der Waals surface area (Å²) in [6.45, 7) is 5.07. The molecule has 0 radical (unpaired) electrons. The Morgan fingerprint density at radius 1 is 1.11 bits per heavy atom. The molecule has 0 saturated carbocycles. The third-order valence-electron chi connectivity index (χ3n) is 6.71. The number of oxazole rings is 1. The second-order valence-electron chi connectivity index (χ2n) is 9.32. The Kier molecular flexibility index (Phi) is 7.49. The minimum atomic E-state index is -0.327. The molecule has 4 aromatic rings. The van der Waals surface area contributed by atoms with E-state index in [1.165, 1.54) is 17.4 Å². The average Bonchev–Trinajstić information content (AvgIpc) is 3.44. The maximum absolute atomic E-state index is 12.8. The maximum Gasteiger partial charge on any atom is 0.273 e. The van der Waals surface area contributed by atoms with E-state index >= 15 is 0 Å². The van der Waals surface area contributed by atoms with Crippen LogP contribution in [-0.4, -0.2) is 33.2 Å². The number of fused-ring (bicyclic) bond motifs is 1. The van der Waals surface area contributed by atoms with Crippen LogP contribution in [0.25, 0.3) is 0 Å². The van der Waals surface area contributed by atoms with Gasteiger partial charge >= 0.3 is 0 Å². The highest BCUT2D eigenvalue weighted by molar-refractivity contribution is 5.91. The number of hydrogen-bond acceptors (Lipinski definition) is 6. The zero-order chi connectivity index (χ0) is 26.5. The number of carbonyl (C=O) groups is 2. The van der Waals surface area contributed by atoms with Gasteiger partial charge in [0.2, 0.25) is 11.8 Å². The van der Waals surface area contributed by atoms with Crippen LogP contribution in [0.15, 0.2) is 77.7 Å². The van der Waals surface area contributed by atoms with Crippen molar-refractivity contribution in [2.45, 2.75) is 45.9 Å². The summed E-state index contributed by atoms with van der Waals surface area (Å²) in [5, 5.41) is 2.82. The number of carbonyl (C=O) groups excluding carboxylic acids is 2. The second-order valence-corrected chi connectivity index (χ2v) is 9.32. The second kappa shape index (κ2) is 11.3. The first-order valence-corrected chi connectivity index (χ1v) is 12.7. The maximum atomic E-state index is 12.8. The number of ether oxygens (including phenoxy) is 1. The summed E-state index contributed by atoms with van der Waals surface area (Å²) in [6.07, 6.45) is 5.93. The molecule has 0 spiro atoms. The van der Waals surface area contributed by atoms with Crippen molar-refractivity contribution >= 4 is 11.8 Å². The third kappa shape index (κ3) is 5.59. The van der Waals surface area contributed by atoms with Crippen molar-refractivity contribution in [1.29, 1.82) is 0 Å². The Bertz CT molecular complexity index is 1420. The predicted octanol–water partition coefficient (Wildman–Crippen LogP) is 4.77. The SMILES string of the molecule is CCC(=O)N1CCc2ccc(OCc3nc(C(=O)NCc4ccncc4)co3)cc2C1c1ccc(C)cc1. The van der Waals surface area contributed by atoms with Gasteiger partial charge in [-0.15, -0.1) is 0 Å². The van der Waals surface area contributed by atoms with Crippen molar-refractivity contribution in [2.75, 3.05) is 6.54 Å². The van der Waals surface area contributed by atoms with Gasteiger partial charge < -0.3 is 19.4 Å². The number of amides is 2. The number of nitrogens with zero attached hydrogens (tertiary/aromatic N) is 3. The molecule has 2 aromatic carbocycles. The van der Waals surface area contributed by atoms with E-state index < -0.39 is 0 Å². The van der Waals surface area contributed by atoms with E-state index in [0.717, 1.165) is 23.1 Å². The molecule has 1 aliphatic heterocycles. The normalized spacial score (nSPS) is 14.6. The fourth-order valence-electron chi connectivity index (χ4n) is 4.66. The van der Waals surface area contributed by atoms with Crippen LogP contribution < -0.4 is 10.1 Å². The summed E-state index contributed by atoms with van der Waals surface area (Å²) < 4.78 is 11.5. The lowest BCUT2D eigenvalue weighted by Gasteiger charge is -2.38. The van der Waals surface area contributed by atoms with Crippen LogP contribution in [0.4, 0.5) is 0 Å². The zero-order valence-corrected chi connectivity index (χ0v) is 21.5. The Balaban J connectivity index is 1.29. The molecule has 5 rings (SSSR count). The lowest BCUT2D eigenvalue weighted by atomic mass is 9.87. The van der Waals surface area contributed by atoms with Crippen LogP contribution in [-0.2, 0) is 24.4 Å². The van der Waals surface area contributed by atoms with E-state index in [9.17, 15) is 9.59 Å². The number of aromatic nitrogens is 2. The van der Waals surface area contributed by atoms with E-state index in [1.54, 1.807) is 12.4 Å². The molecular weight excluding hydrogens is 480 g/mol. The highest BCUT2D eigenvalue weighted by Crippen LogP contribution is 2.37. The van der Waals surface area contributed by atoms with E-state index in [1.807, 2.05) is 36.1 Å². The topological polar surface area (TPSA) is 97.6 Å². The smallest absolute Gasteiger partial charge is 0.273 e. The fraction of sp³-hybridized carbons (Fsp3) is 0.267. The Morgan fingerprint density at radius 3 is 2.66 bits per heavy atom. The molecule has 8 heteroatoms. The van der Waals surface area contributed by atoms with Gasteiger partial charge in [0.15, 0.2) is 12.3 Å². The van der Waals surface area contributed by atoms with Crippen molar-refractivity contribution in [3.63, 3.8) is 0 Å². The van der Waals surface area contributed by atoms with Gasteiger partial charge in [-0.3, -0.25) is 14.6 Å². The van der Waals surface area contributed by atoms with Crippen LogP contribution in [0.1, 0.15) is 63.6 Å². The van der Waals surface area contributed by atoms with Crippen LogP contribution in [0.2, 0.25) is 0 Å². The number of rotatable bonds is 8. The summed E-state index contributed by atoms with van der Waals surface area (Å²) in [7, 11) is 0. The summed E-state index contributed by atoms with van der Waals surface area (Å²) >= 11 is 0. The molecule has 0 bridgehead atoms. The molecule has 194 valence electrons. The molecule has 8 nitrogen and oxygen atoms in total. The first kappa shape index (κ1) is 25.2. The zero-order valence-electron chi connectivity index (χ0n) is 21.5. The monoisotopic (exact) mass is 510 g/mol. The molecule has 0 fully saturated rings. The molecule has 0 aliphatic carbocycles. The Hall–Kier alpha value is -4.46. The van der Waals surface area contributed by atoms with Gasteiger partial charge in [0.25, 0.3) is 5.91 Å². The minimum Gasteiger partial charge on any atom is -0.484 e. The largest absolute Gasteiger partial charge is 0.484 e. The van der Waals surface area contributed by atoms with Gasteiger partial charge in [0.05, 0.1) is 6.04 Å². The van der Waals surface area contributed by atoms with Crippen LogP contribution in [0, 0.1) is 6.92 Å². The number of aryl methyl sites for hydroxylation is 1. The minimum absolute atomic E-state index is 0.0726. The highest BCUT2D eigenvalue weighted by atomic mass is 16.5. The molecule has 3 heterocycles. The molecule has 0 saturated heterocycles. The number of nitrogens with one attached hydrogen (secondary N) is 1. The first-order chi connectivity index (χ1) is 18.5. The molecule has 1 aliphatic rings. The summed E-state index contributed by atoms with van der Waals surface area (Å²) in [4.78, 5) is 35.5. The average molecular weight is 511 g/mol. The standard InChI is InChI=1S/C30H30N4O4/c1-3-28(35)34-15-12-22-8-9-24(16-25(22)29(34)23-6-4-20(2)5-7-23)37-19-27-33-26(18-38-27)30(36)32-17-21-10-13-31-14-11-21/h4-11,13-14,16,18,29H,3,12,15,17,19H2,1-2H3,(H,32,36). The number of hydrogen-bond donors (Lipinski definition) is 1. The van der Waals surface area contributed by atoms with Gasteiger partial charge in [-0.2, -0.15) is 0 Å². The van der Waals surface area contributed by atoms with Gasteiger partial charge in [0, 0.05) is 31.9 Å².